The van der Waals surface area contributed by atoms with Crippen molar-refractivity contribution in [2.75, 3.05) is 13.1 Å². The summed E-state index contributed by atoms with van der Waals surface area (Å²) in [7, 11) is 0. The molecule has 0 aliphatic carbocycles. The van der Waals surface area contributed by atoms with Gasteiger partial charge in [0.15, 0.2) is 11.6 Å². The first-order valence-electron chi connectivity index (χ1n) is 6.37. The van der Waals surface area contributed by atoms with E-state index in [-0.39, 0.29) is 5.41 Å². The van der Waals surface area contributed by atoms with Gasteiger partial charge in [-0.3, -0.25) is 4.90 Å². The lowest BCUT2D eigenvalue weighted by atomic mass is 9.80. The second-order valence-electron chi connectivity index (χ2n) is 5.45. The molecule has 1 aliphatic rings. The van der Waals surface area contributed by atoms with Gasteiger partial charge in [0, 0.05) is 12.0 Å². The van der Waals surface area contributed by atoms with Gasteiger partial charge >= 0.3 is 0 Å². The van der Waals surface area contributed by atoms with Gasteiger partial charge < -0.3 is 5.73 Å². The number of nitrogens with zero attached hydrogens (tertiary/aromatic N) is 1. The van der Waals surface area contributed by atoms with Crippen LogP contribution in [-0.2, 0) is 6.54 Å². The molecule has 0 saturated carbocycles. The normalized spacial score (nSPS) is 19.3. The smallest absolute Gasteiger partial charge is 0.159 e. The van der Waals surface area contributed by atoms with Crippen LogP contribution in [0.4, 0.5) is 8.78 Å². The molecular weight excluding hydrogens is 266 g/mol. The molecular formula is C14H18F2N2S. The van der Waals surface area contributed by atoms with Gasteiger partial charge in [-0.05, 0) is 43.6 Å². The number of likely N-dealkylation sites (tertiary alicyclic amines) is 1. The minimum Gasteiger partial charge on any atom is -0.393 e. The Hall–Kier alpha value is -1.07. The predicted molar refractivity (Wildman–Crippen MR) is 75.8 cm³/mol. The van der Waals surface area contributed by atoms with Gasteiger partial charge in [0.2, 0.25) is 0 Å². The number of halogens is 2. The summed E-state index contributed by atoms with van der Waals surface area (Å²) in [6.45, 7) is 4.45. The molecule has 0 unspecified atom stereocenters. The molecule has 1 aromatic rings. The van der Waals surface area contributed by atoms with Crippen molar-refractivity contribution in [1.82, 2.24) is 4.90 Å². The minimum atomic E-state index is -0.802. The average molecular weight is 284 g/mol. The Labute approximate surface area is 117 Å². The third-order valence-corrected chi connectivity index (χ3v) is 4.44. The minimum absolute atomic E-state index is 0.0696. The van der Waals surface area contributed by atoms with Crippen molar-refractivity contribution >= 4 is 17.2 Å². The summed E-state index contributed by atoms with van der Waals surface area (Å²) in [4.78, 5) is 2.78. The molecule has 1 aliphatic heterocycles. The van der Waals surface area contributed by atoms with Crippen LogP contribution in [0.2, 0.25) is 0 Å². The molecule has 1 fully saturated rings. The van der Waals surface area contributed by atoms with Crippen molar-refractivity contribution < 1.29 is 8.78 Å². The quantitative estimate of drug-likeness (QED) is 0.865. The van der Waals surface area contributed by atoms with Crippen LogP contribution in [0.15, 0.2) is 18.2 Å². The van der Waals surface area contributed by atoms with Crippen molar-refractivity contribution in [3.8, 4) is 0 Å². The van der Waals surface area contributed by atoms with Crippen LogP contribution in [0.5, 0.6) is 0 Å². The van der Waals surface area contributed by atoms with Crippen molar-refractivity contribution in [2.24, 2.45) is 11.1 Å². The van der Waals surface area contributed by atoms with Crippen LogP contribution in [0, 0.1) is 17.0 Å². The highest BCUT2D eigenvalue weighted by Crippen LogP contribution is 2.31. The first kappa shape index (κ1) is 14.3. The van der Waals surface area contributed by atoms with E-state index in [9.17, 15) is 8.78 Å². The number of piperidine rings is 1. The van der Waals surface area contributed by atoms with Gasteiger partial charge in [0.25, 0.3) is 0 Å². The maximum absolute atomic E-state index is 13.1. The van der Waals surface area contributed by atoms with Gasteiger partial charge in [0.1, 0.15) is 0 Å². The van der Waals surface area contributed by atoms with Crippen molar-refractivity contribution in [1.29, 1.82) is 0 Å². The first-order valence-corrected chi connectivity index (χ1v) is 6.78. The molecule has 0 bridgehead atoms. The van der Waals surface area contributed by atoms with Crippen LogP contribution in [0.25, 0.3) is 0 Å². The van der Waals surface area contributed by atoms with Gasteiger partial charge in [-0.2, -0.15) is 0 Å². The third-order valence-electron chi connectivity index (χ3n) is 3.94. The zero-order valence-corrected chi connectivity index (χ0v) is 11.8. The Bertz CT molecular complexity index is 482. The fourth-order valence-corrected chi connectivity index (χ4v) is 2.55. The summed E-state index contributed by atoms with van der Waals surface area (Å²) in [5.74, 6) is -1.59. The van der Waals surface area contributed by atoms with E-state index >= 15 is 0 Å². The summed E-state index contributed by atoms with van der Waals surface area (Å²) < 4.78 is 26.0. The predicted octanol–water partition coefficient (Wildman–Crippen LogP) is 2.85. The summed E-state index contributed by atoms with van der Waals surface area (Å²) in [6.07, 6.45) is 1.82. The molecule has 0 spiro atoms. The highest BCUT2D eigenvalue weighted by Gasteiger charge is 2.32. The van der Waals surface area contributed by atoms with Crippen molar-refractivity contribution in [3.05, 3.63) is 35.4 Å². The highest BCUT2D eigenvalue weighted by atomic mass is 32.1. The Balaban J connectivity index is 1.95. The van der Waals surface area contributed by atoms with E-state index < -0.39 is 11.6 Å². The van der Waals surface area contributed by atoms with E-state index in [4.69, 9.17) is 18.0 Å². The van der Waals surface area contributed by atoms with Crippen LogP contribution in [-0.4, -0.2) is 23.0 Å². The summed E-state index contributed by atoms with van der Waals surface area (Å²) in [6, 6.07) is 4.06. The van der Waals surface area contributed by atoms with E-state index in [1.54, 1.807) is 6.07 Å². The molecule has 0 amide bonds. The molecule has 0 radical (unpaired) electrons. The lowest BCUT2D eigenvalue weighted by Gasteiger charge is -2.38. The molecule has 2 rings (SSSR count). The third kappa shape index (κ3) is 3.28. The van der Waals surface area contributed by atoms with E-state index in [0.717, 1.165) is 31.5 Å². The Kier molecular flexibility index (Phi) is 4.16. The fourth-order valence-electron chi connectivity index (χ4n) is 2.35. The molecule has 104 valence electrons. The lowest BCUT2D eigenvalue weighted by molar-refractivity contribution is 0.158. The van der Waals surface area contributed by atoms with Crippen LogP contribution < -0.4 is 5.73 Å². The van der Waals surface area contributed by atoms with Gasteiger partial charge in [-0.1, -0.05) is 25.2 Å². The van der Waals surface area contributed by atoms with E-state index in [0.29, 0.717) is 11.5 Å². The molecule has 2 N–H and O–H groups in total. The van der Waals surface area contributed by atoms with Crippen molar-refractivity contribution in [2.45, 2.75) is 26.3 Å². The lowest BCUT2D eigenvalue weighted by Crippen LogP contribution is -2.44. The summed E-state index contributed by atoms with van der Waals surface area (Å²) in [5.41, 5.74) is 6.48. The number of rotatable bonds is 3. The molecule has 19 heavy (non-hydrogen) atoms. The van der Waals surface area contributed by atoms with E-state index in [2.05, 4.69) is 11.8 Å². The van der Waals surface area contributed by atoms with Gasteiger partial charge in [0.05, 0.1) is 4.99 Å². The average Bonchev–Trinajstić information content (AvgIpc) is 2.37. The van der Waals surface area contributed by atoms with Crippen LogP contribution in [0.3, 0.4) is 0 Å². The largest absolute Gasteiger partial charge is 0.393 e. The molecule has 2 nitrogen and oxygen atoms in total. The number of nitrogens with two attached hydrogens (primary N) is 1. The van der Waals surface area contributed by atoms with Gasteiger partial charge in [-0.15, -0.1) is 0 Å². The zero-order chi connectivity index (χ0) is 14.0. The maximum atomic E-state index is 13.1. The SMILES string of the molecule is CC1(C(N)=S)CCN(Cc2ccc(F)c(F)c2)CC1. The molecule has 1 heterocycles. The number of benzene rings is 1. The molecule has 0 aromatic heterocycles. The molecule has 0 atom stereocenters. The highest BCUT2D eigenvalue weighted by molar-refractivity contribution is 7.80. The summed E-state index contributed by atoms with van der Waals surface area (Å²) in [5, 5.41) is 0. The van der Waals surface area contributed by atoms with E-state index in [1.165, 1.54) is 12.1 Å². The second-order valence-corrected chi connectivity index (χ2v) is 5.89. The Morgan fingerprint density at radius 3 is 2.47 bits per heavy atom. The molecule has 1 aromatic carbocycles. The monoisotopic (exact) mass is 284 g/mol. The molecule has 1 saturated heterocycles. The first-order chi connectivity index (χ1) is 8.90. The maximum Gasteiger partial charge on any atom is 0.159 e. The van der Waals surface area contributed by atoms with Gasteiger partial charge in [-0.25, -0.2) is 8.78 Å². The summed E-state index contributed by atoms with van der Waals surface area (Å²) >= 11 is 5.10. The zero-order valence-electron chi connectivity index (χ0n) is 11.0. The number of thiocarbonyl (C=S) groups is 1. The van der Waals surface area contributed by atoms with Crippen LogP contribution >= 0.6 is 12.2 Å². The Morgan fingerprint density at radius 1 is 1.32 bits per heavy atom. The molecule has 5 heteroatoms. The van der Waals surface area contributed by atoms with E-state index in [1.807, 2.05) is 0 Å². The topological polar surface area (TPSA) is 29.3 Å². The fraction of sp³-hybridized carbons (Fsp3) is 0.500. The number of hydrogen-bond donors (Lipinski definition) is 1. The van der Waals surface area contributed by atoms with Crippen molar-refractivity contribution in [3.63, 3.8) is 0 Å². The number of hydrogen-bond acceptors (Lipinski definition) is 2. The van der Waals surface area contributed by atoms with Crippen LogP contribution in [0.1, 0.15) is 25.3 Å². The standard InChI is InChI=1S/C14H18F2N2S/c1-14(13(17)19)4-6-18(7-5-14)9-10-2-3-11(15)12(16)8-10/h2-3,8H,4-7,9H2,1H3,(H2,17,19). The Morgan fingerprint density at radius 2 is 1.95 bits per heavy atom. The second kappa shape index (κ2) is 5.51.